The molecular formula is C22H25N3. The van der Waals surface area contributed by atoms with Crippen LogP contribution in [0.4, 0.5) is 0 Å². The van der Waals surface area contributed by atoms with Gasteiger partial charge in [-0.05, 0) is 48.6 Å². The van der Waals surface area contributed by atoms with Crippen molar-refractivity contribution in [2.24, 2.45) is 0 Å². The van der Waals surface area contributed by atoms with E-state index in [0.29, 0.717) is 5.92 Å². The zero-order valence-corrected chi connectivity index (χ0v) is 14.8. The fourth-order valence-corrected chi connectivity index (χ4v) is 3.71. The molecule has 1 aliphatic rings. The van der Waals surface area contributed by atoms with E-state index in [1.807, 2.05) is 12.3 Å². The van der Waals surface area contributed by atoms with Crippen molar-refractivity contribution in [1.82, 2.24) is 14.9 Å². The number of H-pyrrole nitrogens is 1. The van der Waals surface area contributed by atoms with E-state index in [4.69, 9.17) is 0 Å². The summed E-state index contributed by atoms with van der Waals surface area (Å²) >= 11 is 0. The molecule has 3 heteroatoms. The van der Waals surface area contributed by atoms with Crippen molar-refractivity contribution in [3.8, 4) is 0 Å². The maximum Gasteiger partial charge on any atom is 0.137 e. The summed E-state index contributed by atoms with van der Waals surface area (Å²) in [5.74, 6) is 0.617. The molecule has 4 rings (SSSR count). The highest BCUT2D eigenvalue weighted by Crippen LogP contribution is 2.28. The number of aromatic amines is 1. The monoisotopic (exact) mass is 331 g/mol. The zero-order chi connectivity index (χ0) is 17.1. The van der Waals surface area contributed by atoms with Crippen molar-refractivity contribution >= 4 is 16.6 Å². The Kier molecular flexibility index (Phi) is 4.66. The minimum Gasteiger partial charge on any atom is -0.346 e. The molecule has 0 amide bonds. The first-order chi connectivity index (χ1) is 12.3. The van der Waals surface area contributed by atoms with Crippen LogP contribution >= 0.6 is 0 Å². The lowest BCUT2D eigenvalue weighted by Crippen LogP contribution is -2.30. The summed E-state index contributed by atoms with van der Waals surface area (Å²) in [5, 5.41) is 1.24. The summed E-state index contributed by atoms with van der Waals surface area (Å²) in [6.45, 7) is 5.68. The molecule has 3 nitrogen and oxygen atoms in total. The highest BCUT2D eigenvalue weighted by atomic mass is 15.1. The van der Waals surface area contributed by atoms with Crippen LogP contribution in [-0.2, 0) is 0 Å². The smallest absolute Gasteiger partial charge is 0.137 e. The Morgan fingerprint density at radius 2 is 2.04 bits per heavy atom. The molecule has 1 N–H and O–H groups in total. The van der Waals surface area contributed by atoms with Gasteiger partial charge in [-0.2, -0.15) is 0 Å². The minimum atomic E-state index is 0.617. The van der Waals surface area contributed by atoms with Gasteiger partial charge in [-0.25, -0.2) is 4.98 Å². The Balaban J connectivity index is 1.37. The zero-order valence-electron chi connectivity index (χ0n) is 14.8. The number of aromatic nitrogens is 2. The molecule has 0 aliphatic carbocycles. The number of benzene rings is 1. The van der Waals surface area contributed by atoms with Crippen molar-refractivity contribution < 1.29 is 0 Å². The number of hydrogen-bond donors (Lipinski definition) is 1. The number of hydrogen-bond acceptors (Lipinski definition) is 2. The van der Waals surface area contributed by atoms with E-state index in [1.165, 1.54) is 28.5 Å². The van der Waals surface area contributed by atoms with Crippen LogP contribution in [0.3, 0.4) is 0 Å². The van der Waals surface area contributed by atoms with Gasteiger partial charge in [-0.15, -0.1) is 0 Å². The quantitative estimate of drug-likeness (QED) is 0.725. The second-order valence-electron chi connectivity index (χ2n) is 6.98. The predicted molar refractivity (Wildman–Crippen MR) is 105 cm³/mol. The van der Waals surface area contributed by atoms with E-state index in [2.05, 4.69) is 70.5 Å². The lowest BCUT2D eigenvalue weighted by molar-refractivity contribution is 0.290. The molecule has 1 atom stereocenters. The number of fused-ring (bicyclic) bond motifs is 1. The summed E-state index contributed by atoms with van der Waals surface area (Å²) < 4.78 is 0. The molecule has 1 aromatic carbocycles. The van der Waals surface area contributed by atoms with Crippen LogP contribution in [-0.4, -0.2) is 34.5 Å². The van der Waals surface area contributed by atoms with Crippen LogP contribution in [0.15, 0.2) is 60.9 Å². The van der Waals surface area contributed by atoms with E-state index in [9.17, 15) is 0 Å². The minimum absolute atomic E-state index is 0.617. The molecule has 0 spiro atoms. The second kappa shape index (κ2) is 7.24. The number of pyridine rings is 1. The molecule has 3 heterocycles. The standard InChI is InChI=1S/C22H25N3/c1-17(18-6-3-2-4-7-18)9-13-25-14-10-19(11-15-25)21-16-24-22-20(21)8-5-12-23-22/h2-8,10,12,16-17H,9,11,13-15H2,1H3,(H,23,24). The summed E-state index contributed by atoms with van der Waals surface area (Å²) in [7, 11) is 0. The molecule has 0 saturated heterocycles. The number of nitrogens with one attached hydrogen (secondary N) is 1. The van der Waals surface area contributed by atoms with Gasteiger partial charge in [0.1, 0.15) is 5.65 Å². The Morgan fingerprint density at radius 3 is 2.84 bits per heavy atom. The molecule has 2 aromatic heterocycles. The Bertz CT molecular complexity index is 863. The van der Waals surface area contributed by atoms with Gasteiger partial charge >= 0.3 is 0 Å². The van der Waals surface area contributed by atoms with E-state index in [-0.39, 0.29) is 0 Å². The van der Waals surface area contributed by atoms with Crippen LogP contribution in [0.25, 0.3) is 16.6 Å². The van der Waals surface area contributed by atoms with Crippen LogP contribution in [0.2, 0.25) is 0 Å². The first-order valence-electron chi connectivity index (χ1n) is 9.20. The van der Waals surface area contributed by atoms with Gasteiger partial charge in [0.2, 0.25) is 0 Å². The topological polar surface area (TPSA) is 31.9 Å². The van der Waals surface area contributed by atoms with E-state index < -0.39 is 0 Å². The van der Waals surface area contributed by atoms with Gasteiger partial charge in [0, 0.05) is 36.4 Å². The summed E-state index contributed by atoms with van der Waals surface area (Å²) in [6.07, 6.45) is 8.67. The van der Waals surface area contributed by atoms with Crippen molar-refractivity contribution in [2.75, 3.05) is 19.6 Å². The highest BCUT2D eigenvalue weighted by Gasteiger charge is 2.16. The molecule has 0 radical (unpaired) electrons. The average molecular weight is 331 g/mol. The van der Waals surface area contributed by atoms with Gasteiger partial charge in [0.05, 0.1) is 0 Å². The Morgan fingerprint density at radius 1 is 1.16 bits per heavy atom. The number of nitrogens with zero attached hydrogens (tertiary/aromatic N) is 2. The van der Waals surface area contributed by atoms with Gasteiger partial charge in [0.25, 0.3) is 0 Å². The van der Waals surface area contributed by atoms with E-state index >= 15 is 0 Å². The fourth-order valence-electron chi connectivity index (χ4n) is 3.71. The van der Waals surface area contributed by atoms with Crippen LogP contribution in [0.5, 0.6) is 0 Å². The highest BCUT2D eigenvalue weighted by molar-refractivity contribution is 5.90. The predicted octanol–water partition coefficient (Wildman–Crippen LogP) is 4.85. The molecular weight excluding hydrogens is 306 g/mol. The van der Waals surface area contributed by atoms with Crippen LogP contribution in [0.1, 0.15) is 36.8 Å². The van der Waals surface area contributed by atoms with E-state index in [1.54, 1.807) is 0 Å². The lowest BCUT2D eigenvalue weighted by atomic mass is 9.96. The van der Waals surface area contributed by atoms with Gasteiger partial charge in [-0.3, -0.25) is 4.90 Å². The number of rotatable bonds is 5. The SMILES string of the molecule is CC(CCN1CC=C(c2c[nH]c3ncccc23)CC1)c1ccccc1. The van der Waals surface area contributed by atoms with Crippen molar-refractivity contribution in [3.63, 3.8) is 0 Å². The second-order valence-corrected chi connectivity index (χ2v) is 6.98. The Labute approximate surface area is 149 Å². The maximum absolute atomic E-state index is 4.40. The first kappa shape index (κ1) is 16.1. The third-order valence-electron chi connectivity index (χ3n) is 5.34. The molecule has 0 saturated carbocycles. The molecule has 0 bridgehead atoms. The van der Waals surface area contributed by atoms with E-state index in [0.717, 1.165) is 31.7 Å². The maximum atomic E-state index is 4.40. The lowest BCUT2D eigenvalue weighted by Gasteiger charge is -2.27. The third kappa shape index (κ3) is 3.52. The molecule has 3 aromatic rings. The fraction of sp³-hybridized carbons (Fsp3) is 0.318. The molecule has 0 fully saturated rings. The van der Waals surface area contributed by atoms with Crippen molar-refractivity contribution in [2.45, 2.75) is 25.7 Å². The molecule has 128 valence electrons. The third-order valence-corrected chi connectivity index (χ3v) is 5.34. The summed E-state index contributed by atoms with van der Waals surface area (Å²) in [6, 6.07) is 15.0. The largest absolute Gasteiger partial charge is 0.346 e. The van der Waals surface area contributed by atoms with Gasteiger partial charge in [0.15, 0.2) is 0 Å². The summed E-state index contributed by atoms with van der Waals surface area (Å²) in [5.41, 5.74) is 5.20. The van der Waals surface area contributed by atoms with Gasteiger partial charge < -0.3 is 4.98 Å². The first-order valence-corrected chi connectivity index (χ1v) is 9.20. The molecule has 25 heavy (non-hydrogen) atoms. The average Bonchev–Trinajstić information content (AvgIpc) is 3.11. The van der Waals surface area contributed by atoms with Crippen molar-refractivity contribution in [1.29, 1.82) is 0 Å². The van der Waals surface area contributed by atoms with Crippen LogP contribution < -0.4 is 0 Å². The molecule has 1 unspecified atom stereocenters. The Hall–Kier alpha value is -2.39. The van der Waals surface area contributed by atoms with Gasteiger partial charge in [-0.1, -0.05) is 43.3 Å². The summed E-state index contributed by atoms with van der Waals surface area (Å²) in [4.78, 5) is 10.3. The van der Waals surface area contributed by atoms with Crippen molar-refractivity contribution in [3.05, 3.63) is 72.1 Å². The molecule has 1 aliphatic heterocycles. The van der Waals surface area contributed by atoms with Crippen LogP contribution in [0, 0.1) is 0 Å². The normalized spacial score (nSPS) is 16.8.